The number of carbonyl (C=O) groups excluding carboxylic acids is 3. The molecular weight excluding hydrogens is 490 g/mol. The van der Waals surface area contributed by atoms with E-state index in [0.29, 0.717) is 31.6 Å². The van der Waals surface area contributed by atoms with Crippen molar-refractivity contribution in [3.63, 3.8) is 0 Å². The van der Waals surface area contributed by atoms with Crippen molar-refractivity contribution in [2.45, 2.75) is 110 Å². The van der Waals surface area contributed by atoms with Crippen molar-refractivity contribution < 1.29 is 38.1 Å². The first-order valence-corrected chi connectivity index (χ1v) is 13.1. The van der Waals surface area contributed by atoms with Crippen molar-refractivity contribution in [1.29, 1.82) is 0 Å². The minimum atomic E-state index is -1.23. The summed E-state index contributed by atoms with van der Waals surface area (Å²) in [5, 5.41) is 0. The molecule has 0 radical (unpaired) electrons. The number of para-hydroxylation sites is 1. The van der Waals surface area contributed by atoms with Crippen LogP contribution in [0.3, 0.4) is 0 Å². The molecule has 1 aliphatic heterocycles. The average molecular weight is 534 g/mol. The van der Waals surface area contributed by atoms with Crippen LogP contribution in [0.15, 0.2) is 43.0 Å². The first kappa shape index (κ1) is 31.1. The van der Waals surface area contributed by atoms with Gasteiger partial charge in [-0.2, -0.15) is 4.90 Å². The Morgan fingerprint density at radius 3 is 2.08 bits per heavy atom. The Hall–Kier alpha value is -3.07. The molecule has 1 heterocycles. The zero-order valence-electron chi connectivity index (χ0n) is 23.7. The predicted molar refractivity (Wildman–Crippen MR) is 143 cm³/mol. The topological polar surface area (TPSA) is 101 Å². The van der Waals surface area contributed by atoms with Crippen molar-refractivity contribution >= 4 is 18.2 Å². The summed E-state index contributed by atoms with van der Waals surface area (Å²) in [5.74, 6) is -0.148. The standard InChI is InChI=1S/C29H43NO8/c1-9-19-34-23-18-14-13-17-22(25(31)35-20(2)24(23)36-21-15-11-10-12-16-21)30(26(32)37-28(3,4)5)27(33)38-29(6,7)8/h9-12,15-16,20,22-24H,1,13-14,17-19H2,2-8H3/t20-,22-,23-,24-/m0/s1. The SMILES string of the molecule is C=CCO[C@H]1CCCC[C@H](N(C(=O)OC(C)(C)C)C(=O)OC(C)(C)C)C(=O)O[C@@H](C)[C@@H]1Oc1ccccc1. The molecule has 0 N–H and O–H groups in total. The number of rotatable bonds is 6. The molecule has 0 spiro atoms. The summed E-state index contributed by atoms with van der Waals surface area (Å²) < 4.78 is 29.1. The van der Waals surface area contributed by atoms with E-state index in [9.17, 15) is 14.4 Å². The highest BCUT2D eigenvalue weighted by Crippen LogP contribution is 2.27. The molecule has 2 rings (SSSR count). The number of hydrogen-bond acceptors (Lipinski definition) is 8. The van der Waals surface area contributed by atoms with E-state index in [2.05, 4.69) is 6.58 Å². The number of nitrogens with zero attached hydrogens (tertiary/aromatic N) is 1. The second-order valence-electron chi connectivity index (χ2n) is 11.3. The molecule has 0 aliphatic carbocycles. The van der Waals surface area contributed by atoms with Gasteiger partial charge in [-0.25, -0.2) is 14.4 Å². The number of benzene rings is 1. The highest BCUT2D eigenvalue weighted by atomic mass is 16.6. The Kier molecular flexibility index (Phi) is 11.2. The minimum Gasteiger partial charge on any atom is -0.484 e. The van der Waals surface area contributed by atoms with Gasteiger partial charge in [0.15, 0.2) is 6.10 Å². The molecule has 1 aromatic carbocycles. The van der Waals surface area contributed by atoms with Gasteiger partial charge >= 0.3 is 18.2 Å². The Balaban J connectivity index is 2.39. The Morgan fingerprint density at radius 1 is 1.00 bits per heavy atom. The van der Waals surface area contributed by atoms with E-state index < -0.39 is 47.6 Å². The summed E-state index contributed by atoms with van der Waals surface area (Å²) in [6, 6.07) is 7.97. The van der Waals surface area contributed by atoms with Crippen LogP contribution in [0.2, 0.25) is 0 Å². The predicted octanol–water partition coefficient (Wildman–Crippen LogP) is 6.05. The molecule has 0 aromatic heterocycles. The molecule has 38 heavy (non-hydrogen) atoms. The van der Waals surface area contributed by atoms with Gasteiger partial charge in [0, 0.05) is 0 Å². The lowest BCUT2D eigenvalue weighted by atomic mass is 9.98. The molecule has 2 amide bonds. The summed E-state index contributed by atoms with van der Waals surface area (Å²) in [6.07, 6.45) is -0.1000. The molecule has 212 valence electrons. The van der Waals surface area contributed by atoms with Gasteiger partial charge in [-0.05, 0) is 73.4 Å². The Morgan fingerprint density at radius 2 is 1.55 bits per heavy atom. The molecule has 0 unspecified atom stereocenters. The van der Waals surface area contributed by atoms with E-state index in [4.69, 9.17) is 23.7 Å². The highest BCUT2D eigenvalue weighted by molar-refractivity contribution is 5.94. The lowest BCUT2D eigenvalue weighted by Crippen LogP contribution is -2.54. The van der Waals surface area contributed by atoms with Crippen LogP contribution in [0.1, 0.15) is 74.1 Å². The molecule has 1 saturated heterocycles. The lowest BCUT2D eigenvalue weighted by Gasteiger charge is -2.36. The second kappa shape index (κ2) is 13.6. The van der Waals surface area contributed by atoms with Gasteiger partial charge in [-0.1, -0.05) is 37.1 Å². The molecule has 9 heteroatoms. The maximum atomic E-state index is 13.6. The molecule has 1 fully saturated rings. The van der Waals surface area contributed by atoms with Gasteiger partial charge in [-0.15, -0.1) is 6.58 Å². The number of cyclic esters (lactones) is 1. The van der Waals surface area contributed by atoms with Crippen LogP contribution >= 0.6 is 0 Å². The van der Waals surface area contributed by atoms with Crippen LogP contribution in [0.4, 0.5) is 9.59 Å². The van der Waals surface area contributed by atoms with Gasteiger partial charge in [-0.3, -0.25) is 0 Å². The van der Waals surface area contributed by atoms with Gasteiger partial charge in [0.1, 0.15) is 29.1 Å². The monoisotopic (exact) mass is 533 g/mol. The van der Waals surface area contributed by atoms with E-state index in [1.807, 2.05) is 30.3 Å². The first-order valence-electron chi connectivity index (χ1n) is 13.1. The summed E-state index contributed by atoms with van der Waals surface area (Å²) >= 11 is 0. The third-order valence-electron chi connectivity index (χ3n) is 5.55. The molecule has 1 aromatic rings. The largest absolute Gasteiger partial charge is 0.484 e. The van der Waals surface area contributed by atoms with Crippen molar-refractivity contribution in [1.82, 2.24) is 4.90 Å². The number of amides is 2. The zero-order chi connectivity index (χ0) is 28.5. The van der Waals surface area contributed by atoms with Gasteiger partial charge < -0.3 is 23.7 Å². The highest BCUT2D eigenvalue weighted by Gasteiger charge is 2.43. The van der Waals surface area contributed by atoms with E-state index in [0.717, 1.165) is 4.90 Å². The molecule has 4 atom stereocenters. The number of imide groups is 1. The van der Waals surface area contributed by atoms with Crippen molar-refractivity contribution in [3.05, 3.63) is 43.0 Å². The molecule has 1 aliphatic rings. The van der Waals surface area contributed by atoms with E-state index in [1.54, 1.807) is 54.5 Å². The maximum absolute atomic E-state index is 13.6. The van der Waals surface area contributed by atoms with E-state index in [-0.39, 0.29) is 12.5 Å². The quantitative estimate of drug-likeness (QED) is 0.247. The van der Waals surface area contributed by atoms with Crippen molar-refractivity contribution in [2.75, 3.05) is 6.61 Å². The Labute approximate surface area is 226 Å². The van der Waals surface area contributed by atoms with Gasteiger partial charge in [0.25, 0.3) is 0 Å². The zero-order valence-corrected chi connectivity index (χ0v) is 23.7. The van der Waals surface area contributed by atoms with Crippen LogP contribution in [0.5, 0.6) is 5.75 Å². The first-order chi connectivity index (χ1) is 17.7. The second-order valence-corrected chi connectivity index (χ2v) is 11.3. The smallest absolute Gasteiger partial charge is 0.420 e. The van der Waals surface area contributed by atoms with E-state index >= 15 is 0 Å². The van der Waals surface area contributed by atoms with Crippen molar-refractivity contribution in [3.8, 4) is 5.75 Å². The molecule has 0 saturated carbocycles. The number of ether oxygens (including phenoxy) is 5. The minimum absolute atomic E-state index is 0.183. The summed E-state index contributed by atoms with van der Waals surface area (Å²) in [5.41, 5.74) is -1.79. The van der Waals surface area contributed by atoms with Crippen LogP contribution in [0.25, 0.3) is 0 Å². The Bertz CT molecular complexity index is 906. The third-order valence-corrected chi connectivity index (χ3v) is 5.55. The van der Waals surface area contributed by atoms with Gasteiger partial charge in [0.05, 0.1) is 12.7 Å². The average Bonchev–Trinajstić information content (AvgIpc) is 2.79. The summed E-state index contributed by atoms with van der Waals surface area (Å²) in [6.45, 7) is 15.8. The van der Waals surface area contributed by atoms with Crippen molar-refractivity contribution in [2.24, 2.45) is 0 Å². The fraction of sp³-hybridized carbons (Fsp3) is 0.621. The van der Waals surface area contributed by atoms with Crippen LogP contribution in [0, 0.1) is 0 Å². The molecule has 0 bridgehead atoms. The summed E-state index contributed by atoms with van der Waals surface area (Å²) in [7, 11) is 0. The fourth-order valence-electron chi connectivity index (χ4n) is 3.98. The van der Waals surface area contributed by atoms with Crippen LogP contribution in [-0.4, -0.2) is 65.2 Å². The normalized spacial score (nSPS) is 23.0. The number of esters is 1. The third kappa shape index (κ3) is 10.0. The fourth-order valence-corrected chi connectivity index (χ4v) is 3.98. The number of carbonyl (C=O) groups is 3. The molecular formula is C29H43NO8. The lowest BCUT2D eigenvalue weighted by molar-refractivity contribution is -0.165. The maximum Gasteiger partial charge on any atom is 0.420 e. The molecule has 9 nitrogen and oxygen atoms in total. The summed E-state index contributed by atoms with van der Waals surface area (Å²) in [4.78, 5) is 40.7. The van der Waals surface area contributed by atoms with Crippen LogP contribution in [-0.2, 0) is 23.7 Å². The number of hydrogen-bond donors (Lipinski definition) is 0. The van der Waals surface area contributed by atoms with Crippen LogP contribution < -0.4 is 4.74 Å². The van der Waals surface area contributed by atoms with E-state index in [1.165, 1.54) is 0 Å². The van der Waals surface area contributed by atoms with Gasteiger partial charge in [0.2, 0.25) is 0 Å².